The average Bonchev–Trinajstić information content (AvgIpc) is 2.62. The molecule has 4 heteroatoms. The van der Waals surface area contributed by atoms with E-state index in [2.05, 4.69) is 47.1 Å². The summed E-state index contributed by atoms with van der Waals surface area (Å²) in [5.74, 6) is 0. The van der Waals surface area contributed by atoms with Crippen LogP contribution in [0.1, 0.15) is 24.6 Å². The molecule has 0 unspecified atom stereocenters. The number of hydrogen-bond donors (Lipinski definition) is 1. The van der Waals surface area contributed by atoms with Crippen LogP contribution in [0.3, 0.4) is 0 Å². The number of rotatable bonds is 4. The molecule has 0 bridgehead atoms. The van der Waals surface area contributed by atoms with Gasteiger partial charge in [-0.3, -0.25) is 4.98 Å². The average molecular weight is 262 g/mol. The van der Waals surface area contributed by atoms with Crippen molar-refractivity contribution in [3.63, 3.8) is 0 Å². The van der Waals surface area contributed by atoms with Gasteiger partial charge in [0.2, 0.25) is 0 Å². The predicted molar refractivity (Wildman–Crippen MR) is 80.7 cm³/mol. The second-order valence-corrected chi connectivity index (χ2v) is 5.38. The molecule has 0 amide bonds. The topological polar surface area (TPSA) is 31.4 Å². The minimum absolute atomic E-state index is 0.908. The summed E-state index contributed by atoms with van der Waals surface area (Å²) in [6.45, 7) is 10.7. The van der Waals surface area contributed by atoms with Gasteiger partial charge in [0, 0.05) is 49.3 Å². The lowest BCUT2D eigenvalue weighted by Gasteiger charge is -2.26. The molecule has 1 fully saturated rings. The largest absolute Gasteiger partial charge is 0.370 e. The van der Waals surface area contributed by atoms with Crippen LogP contribution in [-0.4, -0.2) is 49.7 Å². The van der Waals surface area contributed by atoms with Gasteiger partial charge >= 0.3 is 0 Å². The highest BCUT2D eigenvalue weighted by Crippen LogP contribution is 2.22. The van der Waals surface area contributed by atoms with Crippen LogP contribution in [-0.2, 0) is 6.54 Å². The number of pyridine rings is 1. The normalized spacial score (nSPS) is 17.5. The molecular weight excluding hydrogens is 236 g/mol. The first kappa shape index (κ1) is 14.3. The van der Waals surface area contributed by atoms with E-state index in [4.69, 9.17) is 0 Å². The Morgan fingerprint density at radius 1 is 1.26 bits per heavy atom. The third-order valence-corrected chi connectivity index (χ3v) is 3.72. The third-order valence-electron chi connectivity index (χ3n) is 3.72. The lowest BCUT2D eigenvalue weighted by Crippen LogP contribution is -2.30. The molecule has 1 aromatic rings. The molecule has 0 aliphatic carbocycles. The van der Waals surface area contributed by atoms with Crippen LogP contribution < -0.4 is 10.2 Å². The van der Waals surface area contributed by atoms with Crippen molar-refractivity contribution >= 4 is 5.69 Å². The molecule has 19 heavy (non-hydrogen) atoms. The number of aryl methyl sites for hydroxylation is 1. The van der Waals surface area contributed by atoms with Crippen molar-refractivity contribution in [2.24, 2.45) is 0 Å². The monoisotopic (exact) mass is 262 g/mol. The van der Waals surface area contributed by atoms with Crippen molar-refractivity contribution in [2.75, 3.05) is 44.7 Å². The fourth-order valence-electron chi connectivity index (χ4n) is 2.55. The second-order valence-electron chi connectivity index (χ2n) is 5.38. The Kier molecular flexibility index (Phi) is 5.16. The molecule has 1 aliphatic heterocycles. The standard InChI is InChI=1S/C15H26N4/c1-4-16-11-14-12-17-13(2)10-15(14)19-7-5-6-18(3)8-9-19/h10,12,16H,4-9,11H2,1-3H3. The molecule has 4 nitrogen and oxygen atoms in total. The molecule has 0 aromatic carbocycles. The zero-order valence-corrected chi connectivity index (χ0v) is 12.4. The summed E-state index contributed by atoms with van der Waals surface area (Å²) in [6, 6.07) is 2.23. The minimum atomic E-state index is 0.908. The molecule has 0 saturated carbocycles. The van der Waals surface area contributed by atoms with E-state index in [1.165, 1.54) is 24.2 Å². The molecule has 1 aromatic heterocycles. The Morgan fingerprint density at radius 3 is 2.89 bits per heavy atom. The van der Waals surface area contributed by atoms with Crippen LogP contribution in [0.25, 0.3) is 0 Å². The third kappa shape index (κ3) is 3.91. The summed E-state index contributed by atoms with van der Waals surface area (Å²) in [7, 11) is 2.21. The van der Waals surface area contributed by atoms with E-state index < -0.39 is 0 Å². The fourth-order valence-corrected chi connectivity index (χ4v) is 2.55. The van der Waals surface area contributed by atoms with Gasteiger partial charge in [0.25, 0.3) is 0 Å². The number of anilines is 1. The van der Waals surface area contributed by atoms with Crippen molar-refractivity contribution in [3.8, 4) is 0 Å². The predicted octanol–water partition coefficient (Wildman–Crippen LogP) is 1.64. The van der Waals surface area contributed by atoms with E-state index in [0.717, 1.165) is 38.4 Å². The summed E-state index contributed by atoms with van der Waals surface area (Å²) in [5.41, 5.74) is 3.79. The number of nitrogens with zero attached hydrogens (tertiary/aromatic N) is 3. The zero-order valence-electron chi connectivity index (χ0n) is 12.4. The van der Waals surface area contributed by atoms with E-state index >= 15 is 0 Å². The van der Waals surface area contributed by atoms with Crippen LogP contribution in [0, 0.1) is 6.92 Å². The lowest BCUT2D eigenvalue weighted by atomic mass is 10.1. The Hall–Kier alpha value is -1.13. The van der Waals surface area contributed by atoms with Gasteiger partial charge in [-0.25, -0.2) is 0 Å². The summed E-state index contributed by atoms with van der Waals surface area (Å²) in [6.07, 6.45) is 3.26. The van der Waals surface area contributed by atoms with E-state index in [9.17, 15) is 0 Å². The Balaban J connectivity index is 2.18. The molecule has 1 N–H and O–H groups in total. The van der Waals surface area contributed by atoms with Crippen LogP contribution in [0.4, 0.5) is 5.69 Å². The van der Waals surface area contributed by atoms with Crippen molar-refractivity contribution < 1.29 is 0 Å². The van der Waals surface area contributed by atoms with Gasteiger partial charge in [0.05, 0.1) is 0 Å². The SMILES string of the molecule is CCNCc1cnc(C)cc1N1CCCN(C)CC1. The summed E-state index contributed by atoms with van der Waals surface area (Å²) >= 11 is 0. The number of nitrogens with one attached hydrogen (secondary N) is 1. The van der Waals surface area contributed by atoms with Gasteiger partial charge in [0.15, 0.2) is 0 Å². The van der Waals surface area contributed by atoms with Gasteiger partial charge in [-0.2, -0.15) is 0 Å². The van der Waals surface area contributed by atoms with Crippen LogP contribution in [0.2, 0.25) is 0 Å². The van der Waals surface area contributed by atoms with Crippen molar-refractivity contribution in [1.29, 1.82) is 0 Å². The van der Waals surface area contributed by atoms with Crippen LogP contribution in [0.15, 0.2) is 12.3 Å². The quantitative estimate of drug-likeness (QED) is 0.894. The van der Waals surface area contributed by atoms with E-state index in [1.807, 2.05) is 6.20 Å². The molecule has 2 rings (SSSR count). The van der Waals surface area contributed by atoms with Crippen molar-refractivity contribution in [3.05, 3.63) is 23.5 Å². The van der Waals surface area contributed by atoms with Crippen LogP contribution >= 0.6 is 0 Å². The molecular formula is C15H26N4. The first-order chi connectivity index (χ1) is 9.20. The highest BCUT2D eigenvalue weighted by Gasteiger charge is 2.15. The first-order valence-electron chi connectivity index (χ1n) is 7.30. The lowest BCUT2D eigenvalue weighted by molar-refractivity contribution is 0.360. The zero-order chi connectivity index (χ0) is 13.7. The second kappa shape index (κ2) is 6.87. The molecule has 1 saturated heterocycles. The maximum atomic E-state index is 4.45. The van der Waals surface area contributed by atoms with Gasteiger partial charge in [-0.05, 0) is 39.5 Å². The van der Waals surface area contributed by atoms with Crippen molar-refractivity contribution in [1.82, 2.24) is 15.2 Å². The van der Waals surface area contributed by atoms with Gasteiger partial charge in [0.1, 0.15) is 0 Å². The maximum absolute atomic E-state index is 4.45. The van der Waals surface area contributed by atoms with E-state index in [-0.39, 0.29) is 0 Å². The highest BCUT2D eigenvalue weighted by molar-refractivity contribution is 5.53. The molecule has 0 radical (unpaired) electrons. The summed E-state index contributed by atoms with van der Waals surface area (Å²) < 4.78 is 0. The number of aromatic nitrogens is 1. The van der Waals surface area contributed by atoms with Gasteiger partial charge in [-0.15, -0.1) is 0 Å². The van der Waals surface area contributed by atoms with Crippen molar-refractivity contribution in [2.45, 2.75) is 26.8 Å². The molecule has 106 valence electrons. The first-order valence-corrected chi connectivity index (χ1v) is 7.30. The molecule has 2 heterocycles. The van der Waals surface area contributed by atoms with Gasteiger partial charge in [-0.1, -0.05) is 6.92 Å². The van der Waals surface area contributed by atoms with E-state index in [0.29, 0.717) is 0 Å². The Labute approximate surface area is 116 Å². The van der Waals surface area contributed by atoms with Gasteiger partial charge < -0.3 is 15.1 Å². The molecule has 0 atom stereocenters. The summed E-state index contributed by atoms with van der Waals surface area (Å²) in [5, 5.41) is 3.41. The Morgan fingerprint density at radius 2 is 2.11 bits per heavy atom. The molecule has 0 spiro atoms. The number of likely N-dealkylation sites (N-methyl/N-ethyl adjacent to an activating group) is 1. The maximum Gasteiger partial charge on any atom is 0.0446 e. The van der Waals surface area contributed by atoms with E-state index in [1.54, 1.807) is 0 Å². The minimum Gasteiger partial charge on any atom is -0.370 e. The smallest absolute Gasteiger partial charge is 0.0446 e. The Bertz CT molecular complexity index is 405. The fraction of sp³-hybridized carbons (Fsp3) is 0.667. The van der Waals surface area contributed by atoms with Crippen LogP contribution in [0.5, 0.6) is 0 Å². The summed E-state index contributed by atoms with van der Waals surface area (Å²) in [4.78, 5) is 9.38. The highest BCUT2D eigenvalue weighted by atomic mass is 15.2. The molecule has 1 aliphatic rings. The number of hydrogen-bond acceptors (Lipinski definition) is 4.